The standard InChI is InChI=1S/C34H69NO4/c1-3-5-7-9-11-13-14-15-16-17-18-19-21-23-25-27-29-33(38)35-31(30-36)34(39)32(37)28-26-24-22-20-12-10-8-6-4-2/h31-32,34,36-37,39H,3-30H2,1-2H3,(H,35,38)/t31-,32+,34-/m0/s1. The Morgan fingerprint density at radius 3 is 1.23 bits per heavy atom. The highest BCUT2D eigenvalue weighted by molar-refractivity contribution is 5.76. The van der Waals surface area contributed by atoms with Crippen LogP contribution >= 0.6 is 0 Å². The Morgan fingerprint density at radius 2 is 0.872 bits per heavy atom. The maximum atomic E-state index is 12.3. The molecular weight excluding hydrogens is 486 g/mol. The topological polar surface area (TPSA) is 89.8 Å². The SMILES string of the molecule is CCCCCCCCCCCCCCCCCCC(=O)N[C@@H](CO)[C@H](O)[C@H](O)CCCCCCCCCCC. The zero-order valence-electron chi connectivity index (χ0n) is 26.3. The predicted octanol–water partition coefficient (Wildman–Crippen LogP) is 8.76. The molecular formula is C34H69NO4. The fourth-order valence-electron chi connectivity index (χ4n) is 5.45. The fourth-order valence-corrected chi connectivity index (χ4v) is 5.45. The Bertz CT molecular complexity index is 502. The Morgan fingerprint density at radius 1 is 0.538 bits per heavy atom. The van der Waals surface area contributed by atoms with Crippen molar-refractivity contribution in [2.24, 2.45) is 0 Å². The molecule has 0 spiro atoms. The minimum absolute atomic E-state index is 0.145. The predicted molar refractivity (Wildman–Crippen MR) is 167 cm³/mol. The van der Waals surface area contributed by atoms with E-state index >= 15 is 0 Å². The van der Waals surface area contributed by atoms with Gasteiger partial charge in [-0.1, -0.05) is 168 Å². The van der Waals surface area contributed by atoms with Gasteiger partial charge in [0.15, 0.2) is 0 Å². The van der Waals surface area contributed by atoms with Gasteiger partial charge in [0.2, 0.25) is 5.91 Å². The first-order chi connectivity index (χ1) is 19.1. The Balaban J connectivity index is 3.65. The summed E-state index contributed by atoms with van der Waals surface area (Å²) in [6.45, 7) is 4.14. The van der Waals surface area contributed by atoms with Crippen molar-refractivity contribution in [3.05, 3.63) is 0 Å². The van der Waals surface area contributed by atoms with Crippen LogP contribution in [-0.2, 0) is 4.79 Å². The number of carbonyl (C=O) groups excluding carboxylic acids is 1. The molecule has 0 bridgehead atoms. The first-order valence-electron chi connectivity index (χ1n) is 17.3. The van der Waals surface area contributed by atoms with Crippen molar-refractivity contribution in [1.29, 1.82) is 0 Å². The average molecular weight is 556 g/mol. The summed E-state index contributed by atoms with van der Waals surface area (Å²) in [6, 6.07) is -0.799. The third-order valence-corrected chi connectivity index (χ3v) is 8.21. The van der Waals surface area contributed by atoms with Gasteiger partial charge in [0.05, 0.1) is 18.8 Å². The highest BCUT2D eigenvalue weighted by Gasteiger charge is 2.26. The van der Waals surface area contributed by atoms with Crippen LogP contribution in [0.15, 0.2) is 0 Å². The molecule has 0 aliphatic carbocycles. The molecule has 0 aliphatic rings. The van der Waals surface area contributed by atoms with Crippen LogP contribution in [0.2, 0.25) is 0 Å². The Hall–Kier alpha value is -0.650. The summed E-state index contributed by atoms with van der Waals surface area (Å²) >= 11 is 0. The van der Waals surface area contributed by atoms with Crippen molar-refractivity contribution in [2.75, 3.05) is 6.61 Å². The number of aliphatic hydroxyl groups excluding tert-OH is 3. The molecule has 0 fully saturated rings. The molecule has 0 saturated heterocycles. The molecule has 1 amide bonds. The number of rotatable bonds is 31. The molecule has 0 heterocycles. The number of aliphatic hydroxyl groups is 3. The molecule has 0 aliphatic heterocycles. The maximum Gasteiger partial charge on any atom is 0.220 e. The maximum absolute atomic E-state index is 12.3. The van der Waals surface area contributed by atoms with E-state index in [0.29, 0.717) is 12.8 Å². The van der Waals surface area contributed by atoms with Gasteiger partial charge in [0.25, 0.3) is 0 Å². The second-order valence-corrected chi connectivity index (χ2v) is 12.1. The molecule has 0 unspecified atom stereocenters. The normalized spacial score (nSPS) is 13.9. The number of hydrogen-bond donors (Lipinski definition) is 4. The van der Waals surface area contributed by atoms with Crippen LogP contribution in [0.1, 0.15) is 187 Å². The fraction of sp³-hybridized carbons (Fsp3) is 0.971. The van der Waals surface area contributed by atoms with Crippen LogP contribution < -0.4 is 5.32 Å². The monoisotopic (exact) mass is 556 g/mol. The Kier molecular flexibility index (Phi) is 29.8. The number of carbonyl (C=O) groups is 1. The molecule has 5 heteroatoms. The van der Waals surface area contributed by atoms with E-state index in [-0.39, 0.29) is 12.5 Å². The largest absolute Gasteiger partial charge is 0.394 e. The van der Waals surface area contributed by atoms with Gasteiger partial charge in [0, 0.05) is 6.42 Å². The summed E-state index contributed by atoms with van der Waals surface area (Å²) in [4.78, 5) is 12.3. The van der Waals surface area contributed by atoms with E-state index in [0.717, 1.165) is 38.5 Å². The number of unbranched alkanes of at least 4 members (excludes halogenated alkanes) is 23. The van der Waals surface area contributed by atoms with E-state index in [9.17, 15) is 20.1 Å². The lowest BCUT2D eigenvalue weighted by Gasteiger charge is -2.26. The zero-order valence-corrected chi connectivity index (χ0v) is 26.3. The minimum Gasteiger partial charge on any atom is -0.394 e. The lowest BCUT2D eigenvalue weighted by atomic mass is 9.99. The quantitative estimate of drug-likeness (QED) is 0.0644. The van der Waals surface area contributed by atoms with Crippen molar-refractivity contribution >= 4 is 5.91 Å². The van der Waals surface area contributed by atoms with Gasteiger partial charge in [-0.3, -0.25) is 4.79 Å². The summed E-state index contributed by atoms with van der Waals surface area (Å²) in [5, 5.41) is 33.2. The summed E-state index contributed by atoms with van der Waals surface area (Å²) in [7, 11) is 0. The molecule has 0 rings (SSSR count). The number of amides is 1. The zero-order chi connectivity index (χ0) is 28.8. The highest BCUT2D eigenvalue weighted by Crippen LogP contribution is 2.15. The third-order valence-electron chi connectivity index (χ3n) is 8.21. The molecule has 0 saturated carbocycles. The van der Waals surface area contributed by atoms with Crippen molar-refractivity contribution in [3.63, 3.8) is 0 Å². The lowest BCUT2D eigenvalue weighted by molar-refractivity contribution is -0.124. The first-order valence-corrected chi connectivity index (χ1v) is 17.3. The summed E-state index contributed by atoms with van der Waals surface area (Å²) < 4.78 is 0. The molecule has 0 aromatic rings. The van der Waals surface area contributed by atoms with Crippen LogP contribution in [0.5, 0.6) is 0 Å². The second kappa shape index (κ2) is 30.3. The van der Waals surface area contributed by atoms with E-state index < -0.39 is 18.2 Å². The van der Waals surface area contributed by atoms with E-state index in [1.807, 2.05) is 0 Å². The van der Waals surface area contributed by atoms with Gasteiger partial charge in [-0.05, 0) is 12.8 Å². The molecule has 0 aromatic carbocycles. The van der Waals surface area contributed by atoms with Crippen LogP contribution in [0.3, 0.4) is 0 Å². The highest BCUT2D eigenvalue weighted by atomic mass is 16.3. The molecule has 5 nitrogen and oxygen atoms in total. The van der Waals surface area contributed by atoms with Gasteiger partial charge >= 0.3 is 0 Å². The van der Waals surface area contributed by atoms with E-state index in [2.05, 4.69) is 19.2 Å². The van der Waals surface area contributed by atoms with Gasteiger partial charge in [-0.25, -0.2) is 0 Å². The van der Waals surface area contributed by atoms with E-state index in [1.165, 1.54) is 122 Å². The van der Waals surface area contributed by atoms with E-state index in [4.69, 9.17) is 0 Å². The van der Waals surface area contributed by atoms with Crippen LogP contribution in [0.4, 0.5) is 0 Å². The molecule has 3 atom stereocenters. The molecule has 4 N–H and O–H groups in total. The van der Waals surface area contributed by atoms with Gasteiger partial charge in [-0.2, -0.15) is 0 Å². The lowest BCUT2D eigenvalue weighted by Crippen LogP contribution is -2.50. The molecule has 39 heavy (non-hydrogen) atoms. The minimum atomic E-state index is -1.13. The molecule has 0 aromatic heterocycles. The molecule has 234 valence electrons. The van der Waals surface area contributed by atoms with Gasteiger partial charge < -0.3 is 20.6 Å². The van der Waals surface area contributed by atoms with Crippen LogP contribution in [0.25, 0.3) is 0 Å². The van der Waals surface area contributed by atoms with Crippen molar-refractivity contribution in [1.82, 2.24) is 5.32 Å². The smallest absolute Gasteiger partial charge is 0.220 e. The summed E-state index contributed by atoms with van der Waals surface area (Å²) in [5.74, 6) is -0.145. The third kappa shape index (κ3) is 26.0. The van der Waals surface area contributed by atoms with Gasteiger partial charge in [0.1, 0.15) is 6.10 Å². The van der Waals surface area contributed by atoms with Crippen LogP contribution in [0, 0.1) is 0 Å². The Labute approximate surface area is 243 Å². The van der Waals surface area contributed by atoms with Crippen LogP contribution in [-0.4, -0.2) is 46.1 Å². The van der Waals surface area contributed by atoms with E-state index in [1.54, 1.807) is 0 Å². The van der Waals surface area contributed by atoms with Gasteiger partial charge in [-0.15, -0.1) is 0 Å². The summed E-state index contributed by atoms with van der Waals surface area (Å²) in [5.41, 5.74) is 0. The second-order valence-electron chi connectivity index (χ2n) is 12.1. The summed E-state index contributed by atoms with van der Waals surface area (Å²) in [6.07, 6.45) is 30.5. The number of hydrogen-bond acceptors (Lipinski definition) is 4. The van der Waals surface area contributed by atoms with Crippen molar-refractivity contribution in [3.8, 4) is 0 Å². The number of nitrogens with one attached hydrogen (secondary N) is 1. The van der Waals surface area contributed by atoms with Crippen molar-refractivity contribution < 1.29 is 20.1 Å². The molecule has 0 radical (unpaired) electrons. The van der Waals surface area contributed by atoms with Crippen molar-refractivity contribution in [2.45, 2.75) is 205 Å². The average Bonchev–Trinajstić information content (AvgIpc) is 2.94. The first kappa shape index (κ1) is 38.4.